The van der Waals surface area contributed by atoms with Gasteiger partial charge in [-0.25, -0.2) is 4.39 Å². The highest BCUT2D eigenvalue weighted by atomic mass is 19.1. The molecule has 1 heterocycles. The molecule has 0 aliphatic carbocycles. The van der Waals surface area contributed by atoms with Gasteiger partial charge in [0, 0.05) is 19.5 Å². The molecule has 1 rings (SSSR count). The van der Waals surface area contributed by atoms with Gasteiger partial charge in [0.05, 0.1) is 0 Å². The molecule has 0 bridgehead atoms. The third kappa shape index (κ3) is 1.91. The van der Waals surface area contributed by atoms with E-state index in [-0.39, 0.29) is 5.91 Å². The lowest BCUT2D eigenvalue weighted by molar-refractivity contribution is -0.131. The van der Waals surface area contributed by atoms with Gasteiger partial charge in [-0.2, -0.15) is 0 Å². The van der Waals surface area contributed by atoms with Gasteiger partial charge in [0.2, 0.25) is 0 Å². The first-order valence-electron chi connectivity index (χ1n) is 4.18. The quantitative estimate of drug-likeness (QED) is 0.608. The second-order valence-electron chi connectivity index (χ2n) is 2.94. The Morgan fingerprint density at radius 1 is 1.73 bits per heavy atom. The molecule has 1 unspecified atom stereocenters. The highest BCUT2D eigenvalue weighted by molar-refractivity contribution is 5.82. The van der Waals surface area contributed by atoms with Gasteiger partial charge >= 0.3 is 0 Å². The lowest BCUT2D eigenvalue weighted by atomic mass is 10.3. The van der Waals surface area contributed by atoms with Gasteiger partial charge in [-0.1, -0.05) is 13.3 Å². The Morgan fingerprint density at radius 3 is 2.91 bits per heavy atom. The van der Waals surface area contributed by atoms with Crippen LogP contribution in [0.25, 0.3) is 0 Å². The molecule has 0 aromatic rings. The Hall–Kier alpha value is -0.600. The summed E-state index contributed by atoms with van der Waals surface area (Å²) in [6.45, 7) is 3.41. The molecule has 2 nitrogen and oxygen atoms in total. The Labute approximate surface area is 66.4 Å². The van der Waals surface area contributed by atoms with Gasteiger partial charge in [-0.3, -0.25) is 4.79 Å². The van der Waals surface area contributed by atoms with Crippen molar-refractivity contribution in [1.82, 2.24) is 4.90 Å². The molecule has 1 amide bonds. The summed E-state index contributed by atoms with van der Waals surface area (Å²) in [6, 6.07) is 0. The van der Waals surface area contributed by atoms with Crippen molar-refractivity contribution >= 4 is 5.91 Å². The summed E-state index contributed by atoms with van der Waals surface area (Å²) in [4.78, 5) is 12.6. The van der Waals surface area contributed by atoms with Gasteiger partial charge in [0.25, 0.3) is 5.91 Å². The number of alkyl halides is 1. The second-order valence-corrected chi connectivity index (χ2v) is 2.94. The highest BCUT2D eigenvalue weighted by Gasteiger charge is 2.30. The smallest absolute Gasteiger partial charge is 0.257 e. The third-order valence-corrected chi connectivity index (χ3v) is 2.01. The van der Waals surface area contributed by atoms with Crippen LogP contribution in [-0.4, -0.2) is 30.1 Å². The van der Waals surface area contributed by atoms with E-state index in [4.69, 9.17) is 0 Å². The maximum absolute atomic E-state index is 12.6. The summed E-state index contributed by atoms with van der Waals surface area (Å²) in [5.41, 5.74) is 0. The van der Waals surface area contributed by atoms with Crippen molar-refractivity contribution in [2.75, 3.05) is 13.1 Å². The van der Waals surface area contributed by atoms with Crippen molar-refractivity contribution in [3.05, 3.63) is 0 Å². The first kappa shape index (κ1) is 8.50. The van der Waals surface area contributed by atoms with E-state index in [2.05, 4.69) is 6.92 Å². The molecule has 1 aliphatic rings. The van der Waals surface area contributed by atoms with E-state index < -0.39 is 6.17 Å². The maximum atomic E-state index is 12.6. The number of hydrogen-bond donors (Lipinski definition) is 0. The monoisotopic (exact) mass is 159 g/mol. The van der Waals surface area contributed by atoms with E-state index in [0.29, 0.717) is 13.0 Å². The fourth-order valence-corrected chi connectivity index (χ4v) is 1.27. The summed E-state index contributed by atoms with van der Waals surface area (Å²) in [7, 11) is 0. The normalized spacial score (nSPS) is 24.7. The van der Waals surface area contributed by atoms with E-state index >= 15 is 0 Å². The molecule has 0 aromatic heterocycles. The number of nitrogens with zero attached hydrogens (tertiary/aromatic N) is 1. The number of hydrogen-bond acceptors (Lipinski definition) is 1. The standard InChI is InChI=1S/C8H14FNO/c1-2-3-5-10-6-4-7(9)8(10)11/h7H,2-6H2,1H3. The van der Waals surface area contributed by atoms with Crippen LogP contribution in [0.3, 0.4) is 0 Å². The minimum atomic E-state index is -1.22. The number of rotatable bonds is 3. The first-order valence-corrected chi connectivity index (χ1v) is 4.18. The fourth-order valence-electron chi connectivity index (χ4n) is 1.27. The molecule has 64 valence electrons. The molecule has 0 spiro atoms. The molecule has 11 heavy (non-hydrogen) atoms. The predicted molar refractivity (Wildman–Crippen MR) is 41.0 cm³/mol. The number of unbranched alkanes of at least 4 members (excludes halogenated alkanes) is 1. The van der Waals surface area contributed by atoms with E-state index in [1.807, 2.05) is 0 Å². The Kier molecular flexibility index (Phi) is 2.85. The largest absolute Gasteiger partial charge is 0.340 e. The summed E-state index contributed by atoms with van der Waals surface area (Å²) in [6.07, 6.45) is 1.22. The van der Waals surface area contributed by atoms with Crippen LogP contribution in [0.2, 0.25) is 0 Å². The van der Waals surface area contributed by atoms with Crippen LogP contribution in [-0.2, 0) is 4.79 Å². The van der Waals surface area contributed by atoms with Gasteiger partial charge in [0.1, 0.15) is 0 Å². The van der Waals surface area contributed by atoms with Crippen LogP contribution in [0.5, 0.6) is 0 Å². The van der Waals surface area contributed by atoms with E-state index in [9.17, 15) is 9.18 Å². The van der Waals surface area contributed by atoms with Crippen LogP contribution in [0.15, 0.2) is 0 Å². The first-order chi connectivity index (χ1) is 5.25. The SMILES string of the molecule is CCCCN1CCC(F)C1=O. The topological polar surface area (TPSA) is 20.3 Å². The molecule has 1 aliphatic heterocycles. The lowest BCUT2D eigenvalue weighted by Gasteiger charge is -2.13. The number of carbonyl (C=O) groups is 1. The van der Waals surface area contributed by atoms with Crippen LogP contribution in [0.1, 0.15) is 26.2 Å². The van der Waals surface area contributed by atoms with Crippen molar-refractivity contribution in [2.45, 2.75) is 32.4 Å². The molecule has 1 atom stereocenters. The molecule has 0 saturated carbocycles. The lowest BCUT2D eigenvalue weighted by Crippen LogP contribution is -2.28. The minimum Gasteiger partial charge on any atom is -0.340 e. The van der Waals surface area contributed by atoms with Gasteiger partial charge in [-0.05, 0) is 6.42 Å². The van der Waals surface area contributed by atoms with Crippen LogP contribution in [0, 0.1) is 0 Å². The second kappa shape index (κ2) is 3.69. The van der Waals surface area contributed by atoms with Gasteiger partial charge in [0.15, 0.2) is 6.17 Å². The number of likely N-dealkylation sites (tertiary alicyclic amines) is 1. The predicted octanol–water partition coefficient (Wildman–Crippen LogP) is 1.36. The fraction of sp³-hybridized carbons (Fsp3) is 0.875. The molecular weight excluding hydrogens is 145 g/mol. The Bertz CT molecular complexity index is 149. The molecule has 1 saturated heterocycles. The molecule has 3 heteroatoms. The number of amides is 1. The number of halogens is 1. The van der Waals surface area contributed by atoms with Crippen molar-refractivity contribution in [1.29, 1.82) is 0 Å². The summed E-state index contributed by atoms with van der Waals surface area (Å²) >= 11 is 0. The Balaban J connectivity index is 2.30. The van der Waals surface area contributed by atoms with Crippen LogP contribution < -0.4 is 0 Å². The minimum absolute atomic E-state index is 0.307. The average Bonchev–Trinajstić information content (AvgIpc) is 2.31. The highest BCUT2D eigenvalue weighted by Crippen LogP contribution is 2.14. The zero-order valence-electron chi connectivity index (χ0n) is 6.85. The van der Waals surface area contributed by atoms with E-state index in [1.54, 1.807) is 4.90 Å². The summed E-state index contributed by atoms with van der Waals surface area (Å²) < 4.78 is 12.6. The zero-order chi connectivity index (χ0) is 8.27. The average molecular weight is 159 g/mol. The molecule has 0 N–H and O–H groups in total. The van der Waals surface area contributed by atoms with E-state index in [1.165, 1.54) is 0 Å². The number of carbonyl (C=O) groups excluding carboxylic acids is 1. The van der Waals surface area contributed by atoms with E-state index in [0.717, 1.165) is 19.4 Å². The van der Waals surface area contributed by atoms with Crippen molar-refractivity contribution in [3.8, 4) is 0 Å². The Morgan fingerprint density at radius 2 is 2.45 bits per heavy atom. The molecule has 0 aromatic carbocycles. The van der Waals surface area contributed by atoms with Crippen molar-refractivity contribution < 1.29 is 9.18 Å². The molecule has 1 fully saturated rings. The molecule has 0 radical (unpaired) electrons. The zero-order valence-corrected chi connectivity index (χ0v) is 6.85. The summed E-state index contributed by atoms with van der Waals surface area (Å²) in [5, 5.41) is 0. The third-order valence-electron chi connectivity index (χ3n) is 2.01. The summed E-state index contributed by atoms with van der Waals surface area (Å²) in [5.74, 6) is -0.307. The van der Waals surface area contributed by atoms with Crippen LogP contribution >= 0.6 is 0 Å². The maximum Gasteiger partial charge on any atom is 0.257 e. The van der Waals surface area contributed by atoms with Crippen molar-refractivity contribution in [3.63, 3.8) is 0 Å². The molecular formula is C8H14FNO. The van der Waals surface area contributed by atoms with Crippen molar-refractivity contribution in [2.24, 2.45) is 0 Å². The van der Waals surface area contributed by atoms with Gasteiger partial charge < -0.3 is 4.90 Å². The van der Waals surface area contributed by atoms with Crippen LogP contribution in [0.4, 0.5) is 4.39 Å². The van der Waals surface area contributed by atoms with Gasteiger partial charge in [-0.15, -0.1) is 0 Å².